The zero-order valence-corrected chi connectivity index (χ0v) is 13.3. The summed E-state index contributed by atoms with van der Waals surface area (Å²) in [5, 5.41) is 9.28. The number of thioether (sulfide) groups is 1. The van der Waals surface area contributed by atoms with Crippen LogP contribution in [0.2, 0.25) is 0 Å². The van der Waals surface area contributed by atoms with Crippen molar-refractivity contribution >= 4 is 33.7 Å². The molecule has 0 aliphatic rings. The van der Waals surface area contributed by atoms with Crippen LogP contribution in [0.1, 0.15) is 26.3 Å². The van der Waals surface area contributed by atoms with Crippen LogP contribution in [0.25, 0.3) is 0 Å². The summed E-state index contributed by atoms with van der Waals surface area (Å²) in [5.41, 5.74) is 1.06. The maximum absolute atomic E-state index is 11.3. The van der Waals surface area contributed by atoms with E-state index in [4.69, 9.17) is 0 Å². The van der Waals surface area contributed by atoms with Gasteiger partial charge in [-0.1, -0.05) is 48.8 Å². The Morgan fingerprint density at radius 1 is 1.44 bits per heavy atom. The third kappa shape index (κ3) is 5.91. The Bertz CT molecular complexity index is 413. The van der Waals surface area contributed by atoms with Crippen LogP contribution in [0.3, 0.4) is 0 Å². The predicted octanol–water partition coefficient (Wildman–Crippen LogP) is 4.22. The van der Waals surface area contributed by atoms with Crippen LogP contribution in [0.4, 0.5) is 0 Å². The Morgan fingerprint density at radius 2 is 2.11 bits per heavy atom. The van der Waals surface area contributed by atoms with Crippen molar-refractivity contribution in [2.24, 2.45) is 5.92 Å². The van der Waals surface area contributed by atoms with Gasteiger partial charge in [-0.25, -0.2) is 0 Å². The quantitative estimate of drug-likeness (QED) is 0.877. The fourth-order valence-corrected chi connectivity index (χ4v) is 2.92. The van der Waals surface area contributed by atoms with E-state index in [1.807, 2.05) is 24.3 Å². The molecule has 0 aromatic heterocycles. The number of aliphatic carboxylic acids is 1. The van der Waals surface area contributed by atoms with E-state index in [1.54, 1.807) is 11.8 Å². The molecule has 0 radical (unpaired) electrons. The first-order valence-corrected chi connectivity index (χ1v) is 7.67. The van der Waals surface area contributed by atoms with Crippen LogP contribution >= 0.6 is 27.7 Å². The molecular weight excluding hydrogens is 312 g/mol. The van der Waals surface area contributed by atoms with E-state index < -0.39 is 5.97 Å². The minimum absolute atomic E-state index is 0.102. The molecule has 1 atom stereocenters. The summed E-state index contributed by atoms with van der Waals surface area (Å²) in [6.07, 6.45) is 0.581. The lowest BCUT2D eigenvalue weighted by atomic mass is 10.0. The molecule has 1 aromatic rings. The SMILES string of the molecule is CC(C)(C)SC[C@@H](Cc1cccc(Br)c1)C(=O)O. The molecule has 100 valence electrons. The zero-order valence-electron chi connectivity index (χ0n) is 10.9. The van der Waals surface area contributed by atoms with E-state index in [1.165, 1.54) is 0 Å². The molecule has 0 aliphatic heterocycles. The smallest absolute Gasteiger partial charge is 0.307 e. The maximum atomic E-state index is 11.3. The second-order valence-corrected chi connectivity index (χ2v) is 8.06. The summed E-state index contributed by atoms with van der Waals surface area (Å²) in [6.45, 7) is 6.32. The van der Waals surface area contributed by atoms with E-state index >= 15 is 0 Å². The molecule has 0 heterocycles. The van der Waals surface area contributed by atoms with Crippen LogP contribution < -0.4 is 0 Å². The van der Waals surface area contributed by atoms with Gasteiger partial charge in [0.1, 0.15) is 0 Å². The number of carboxylic acids is 1. The van der Waals surface area contributed by atoms with Crippen LogP contribution in [-0.2, 0) is 11.2 Å². The minimum atomic E-state index is -0.716. The first-order valence-electron chi connectivity index (χ1n) is 5.89. The first-order chi connectivity index (χ1) is 8.28. The van der Waals surface area contributed by atoms with Gasteiger partial charge in [0.15, 0.2) is 0 Å². The largest absolute Gasteiger partial charge is 0.481 e. The normalized spacial score (nSPS) is 13.3. The monoisotopic (exact) mass is 330 g/mol. The molecule has 0 unspecified atom stereocenters. The van der Waals surface area contributed by atoms with Gasteiger partial charge >= 0.3 is 5.97 Å². The summed E-state index contributed by atoms with van der Waals surface area (Å²) in [4.78, 5) is 11.3. The predicted molar refractivity (Wildman–Crippen MR) is 81.2 cm³/mol. The lowest BCUT2D eigenvalue weighted by Crippen LogP contribution is -2.22. The average Bonchev–Trinajstić information content (AvgIpc) is 2.22. The van der Waals surface area contributed by atoms with Crippen molar-refractivity contribution in [1.29, 1.82) is 0 Å². The highest BCUT2D eigenvalue weighted by molar-refractivity contribution is 9.10. The molecule has 0 saturated heterocycles. The molecule has 0 amide bonds. The first kappa shape index (κ1) is 15.6. The summed E-state index contributed by atoms with van der Waals surface area (Å²) < 4.78 is 1.10. The Morgan fingerprint density at radius 3 is 2.61 bits per heavy atom. The van der Waals surface area contributed by atoms with E-state index in [9.17, 15) is 9.90 Å². The molecule has 0 aliphatic carbocycles. The summed E-state index contributed by atoms with van der Waals surface area (Å²) in [5.74, 6) is -0.402. The molecule has 0 saturated carbocycles. The molecule has 1 aromatic carbocycles. The van der Waals surface area contributed by atoms with Crippen molar-refractivity contribution in [3.8, 4) is 0 Å². The van der Waals surface area contributed by atoms with Crippen molar-refractivity contribution in [2.75, 3.05) is 5.75 Å². The second-order valence-electron chi connectivity index (χ2n) is 5.29. The zero-order chi connectivity index (χ0) is 13.8. The number of hydrogen-bond donors (Lipinski definition) is 1. The van der Waals surface area contributed by atoms with E-state index in [0.29, 0.717) is 12.2 Å². The van der Waals surface area contributed by atoms with E-state index in [0.717, 1.165) is 10.0 Å². The second kappa shape index (κ2) is 6.62. The van der Waals surface area contributed by atoms with Crippen molar-refractivity contribution in [3.05, 3.63) is 34.3 Å². The molecule has 0 bridgehead atoms. The van der Waals surface area contributed by atoms with Crippen LogP contribution in [-0.4, -0.2) is 21.6 Å². The summed E-state index contributed by atoms with van der Waals surface area (Å²) >= 11 is 5.11. The molecular formula is C14H19BrO2S. The number of carboxylic acid groups (broad SMARTS) is 1. The van der Waals surface area contributed by atoms with Gasteiger partial charge in [-0.15, -0.1) is 0 Å². The number of carbonyl (C=O) groups is 1. The van der Waals surface area contributed by atoms with Gasteiger partial charge in [0.05, 0.1) is 5.92 Å². The Hall–Kier alpha value is -0.480. The molecule has 1 N–H and O–H groups in total. The minimum Gasteiger partial charge on any atom is -0.481 e. The standard InChI is InChI=1S/C14H19BrO2S/c1-14(2,3)18-9-11(13(16)17)7-10-5-4-6-12(15)8-10/h4-6,8,11H,7,9H2,1-3H3,(H,16,17)/t11-/m1/s1. The Kier molecular flexibility index (Phi) is 5.73. The van der Waals surface area contributed by atoms with Gasteiger partial charge in [0.2, 0.25) is 0 Å². The van der Waals surface area contributed by atoms with Gasteiger partial charge in [0, 0.05) is 15.0 Å². The van der Waals surface area contributed by atoms with Gasteiger partial charge in [-0.05, 0) is 24.1 Å². The number of hydrogen-bond acceptors (Lipinski definition) is 2. The van der Waals surface area contributed by atoms with Crippen LogP contribution in [0, 0.1) is 5.92 Å². The van der Waals surface area contributed by atoms with Crippen LogP contribution in [0.15, 0.2) is 28.7 Å². The molecule has 1 rings (SSSR count). The molecule has 0 fully saturated rings. The Balaban J connectivity index is 2.66. The highest BCUT2D eigenvalue weighted by atomic mass is 79.9. The Labute approximate surface area is 121 Å². The molecule has 0 spiro atoms. The maximum Gasteiger partial charge on any atom is 0.307 e. The highest BCUT2D eigenvalue weighted by Gasteiger charge is 2.21. The molecule has 18 heavy (non-hydrogen) atoms. The summed E-state index contributed by atoms with van der Waals surface area (Å²) in [6, 6.07) is 7.85. The topological polar surface area (TPSA) is 37.3 Å². The van der Waals surface area contributed by atoms with E-state index in [-0.39, 0.29) is 10.7 Å². The van der Waals surface area contributed by atoms with Crippen molar-refractivity contribution < 1.29 is 9.90 Å². The van der Waals surface area contributed by atoms with Crippen LogP contribution in [0.5, 0.6) is 0 Å². The van der Waals surface area contributed by atoms with E-state index in [2.05, 4.69) is 36.7 Å². The average molecular weight is 331 g/mol. The van der Waals surface area contributed by atoms with Crippen molar-refractivity contribution in [1.82, 2.24) is 0 Å². The lowest BCUT2D eigenvalue weighted by Gasteiger charge is -2.20. The highest BCUT2D eigenvalue weighted by Crippen LogP contribution is 2.27. The van der Waals surface area contributed by atoms with Gasteiger partial charge < -0.3 is 5.11 Å². The van der Waals surface area contributed by atoms with Crippen molar-refractivity contribution in [3.63, 3.8) is 0 Å². The molecule has 2 nitrogen and oxygen atoms in total. The number of rotatable bonds is 5. The van der Waals surface area contributed by atoms with Gasteiger partial charge in [0.25, 0.3) is 0 Å². The fraction of sp³-hybridized carbons (Fsp3) is 0.500. The lowest BCUT2D eigenvalue weighted by molar-refractivity contribution is -0.140. The third-order valence-corrected chi connectivity index (χ3v) is 4.37. The number of benzene rings is 1. The fourth-order valence-electron chi connectivity index (χ4n) is 1.52. The molecule has 4 heteroatoms. The third-order valence-electron chi connectivity index (χ3n) is 2.44. The number of halogens is 1. The van der Waals surface area contributed by atoms with Gasteiger partial charge in [-0.2, -0.15) is 11.8 Å². The summed E-state index contributed by atoms with van der Waals surface area (Å²) in [7, 11) is 0. The van der Waals surface area contributed by atoms with Gasteiger partial charge in [-0.3, -0.25) is 4.79 Å². The van der Waals surface area contributed by atoms with Crippen molar-refractivity contribution in [2.45, 2.75) is 31.9 Å².